The van der Waals surface area contributed by atoms with Crippen molar-refractivity contribution in [2.24, 2.45) is 17.4 Å². The molecule has 0 atom stereocenters. The van der Waals surface area contributed by atoms with Crippen molar-refractivity contribution in [3.63, 3.8) is 0 Å². The number of pyridine rings is 1. The van der Waals surface area contributed by atoms with Gasteiger partial charge in [-0.2, -0.15) is 0 Å². The van der Waals surface area contributed by atoms with Gasteiger partial charge >= 0.3 is 0 Å². The van der Waals surface area contributed by atoms with E-state index in [4.69, 9.17) is 17.2 Å². The van der Waals surface area contributed by atoms with Crippen molar-refractivity contribution < 1.29 is 9.59 Å². The summed E-state index contributed by atoms with van der Waals surface area (Å²) in [7, 11) is 0. The van der Waals surface area contributed by atoms with Crippen LogP contribution >= 0.6 is 0 Å². The Hall–Kier alpha value is -2.31. The van der Waals surface area contributed by atoms with Gasteiger partial charge in [0.05, 0.1) is 17.4 Å². The smallest absolute Gasteiger partial charge is 0.252 e. The van der Waals surface area contributed by atoms with E-state index in [1.54, 1.807) is 6.07 Å². The summed E-state index contributed by atoms with van der Waals surface area (Å²) >= 11 is 0. The van der Waals surface area contributed by atoms with Gasteiger partial charge in [-0.3, -0.25) is 9.59 Å². The van der Waals surface area contributed by atoms with E-state index >= 15 is 0 Å². The maximum Gasteiger partial charge on any atom is 0.252 e. The maximum atomic E-state index is 11.5. The molecule has 0 aromatic carbocycles. The van der Waals surface area contributed by atoms with Crippen molar-refractivity contribution in [2.75, 3.05) is 23.7 Å². The molecule has 1 aliphatic rings. The van der Waals surface area contributed by atoms with Crippen LogP contribution in [0.25, 0.3) is 0 Å². The Balaban J connectivity index is 2.11. The molecule has 0 aliphatic carbocycles. The first kappa shape index (κ1) is 14.1. The summed E-state index contributed by atoms with van der Waals surface area (Å²) in [5.74, 6) is 0.0460. The van der Waals surface area contributed by atoms with Crippen LogP contribution in [0.5, 0.6) is 0 Å². The molecule has 0 unspecified atom stereocenters. The largest absolute Gasteiger partial charge is 0.397 e. The lowest BCUT2D eigenvalue weighted by atomic mass is 9.93. The van der Waals surface area contributed by atoms with Gasteiger partial charge in [0.2, 0.25) is 5.91 Å². The average Bonchev–Trinajstić information content (AvgIpc) is 2.39. The zero-order valence-corrected chi connectivity index (χ0v) is 11.2. The fraction of sp³-hybridized carbons (Fsp3) is 0.462. The van der Waals surface area contributed by atoms with Crippen LogP contribution in [0.3, 0.4) is 0 Å². The van der Waals surface area contributed by atoms with Gasteiger partial charge in [-0.1, -0.05) is 0 Å². The highest BCUT2D eigenvalue weighted by Gasteiger charge is 2.24. The number of carbonyl (C=O) groups excluding carboxylic acids is 2. The number of nitrogens with two attached hydrogens (primary N) is 3. The number of hydrogen-bond acceptors (Lipinski definition) is 5. The van der Waals surface area contributed by atoms with Crippen LogP contribution in [0, 0.1) is 5.92 Å². The van der Waals surface area contributed by atoms with E-state index in [-0.39, 0.29) is 5.91 Å². The predicted molar refractivity (Wildman–Crippen MR) is 75.9 cm³/mol. The summed E-state index contributed by atoms with van der Waals surface area (Å²) in [5, 5.41) is 0. The summed E-state index contributed by atoms with van der Waals surface area (Å²) in [5.41, 5.74) is 16.9. The van der Waals surface area contributed by atoms with Crippen LogP contribution in [0.2, 0.25) is 0 Å². The van der Waals surface area contributed by atoms with E-state index in [0.717, 1.165) is 25.9 Å². The van der Waals surface area contributed by atoms with Crippen LogP contribution in [0.1, 0.15) is 29.6 Å². The molecule has 0 spiro atoms. The minimum absolute atomic E-state index is 0.271. The minimum atomic E-state index is -0.543. The number of primary amides is 2. The van der Waals surface area contributed by atoms with Crippen molar-refractivity contribution >= 4 is 23.3 Å². The topological polar surface area (TPSA) is 128 Å². The molecule has 2 amide bonds. The minimum Gasteiger partial charge on any atom is -0.397 e. The van der Waals surface area contributed by atoms with Crippen molar-refractivity contribution in [3.8, 4) is 0 Å². The van der Waals surface area contributed by atoms with Gasteiger partial charge in [0.1, 0.15) is 5.82 Å². The first-order chi connectivity index (χ1) is 9.47. The van der Waals surface area contributed by atoms with Crippen molar-refractivity contribution in [1.82, 2.24) is 4.98 Å². The van der Waals surface area contributed by atoms with Crippen LogP contribution in [0.15, 0.2) is 12.3 Å². The molecule has 2 heterocycles. The standard InChI is InChI=1S/C13H19N5O2/c14-9-6-10(12(16)20)13(17-7-9)18-3-1-8(2-4-18)5-11(15)19/h6-8H,1-5,14H2,(H2,15,19)(H2,16,20). The average molecular weight is 277 g/mol. The molecule has 7 heteroatoms. The van der Waals surface area contributed by atoms with Crippen LogP contribution < -0.4 is 22.1 Å². The fourth-order valence-corrected chi connectivity index (χ4v) is 2.54. The fourth-order valence-electron chi connectivity index (χ4n) is 2.54. The van der Waals surface area contributed by atoms with Gasteiger partial charge < -0.3 is 22.1 Å². The van der Waals surface area contributed by atoms with Gasteiger partial charge in [-0.05, 0) is 24.8 Å². The first-order valence-corrected chi connectivity index (χ1v) is 6.56. The van der Waals surface area contributed by atoms with Gasteiger partial charge in [0.25, 0.3) is 5.91 Å². The number of amides is 2. The molecule has 0 radical (unpaired) electrons. The highest BCUT2D eigenvalue weighted by molar-refractivity contribution is 5.98. The van der Waals surface area contributed by atoms with Crippen molar-refractivity contribution in [3.05, 3.63) is 17.8 Å². The lowest BCUT2D eigenvalue weighted by Crippen LogP contribution is -2.37. The van der Waals surface area contributed by atoms with E-state index in [9.17, 15) is 9.59 Å². The third kappa shape index (κ3) is 3.17. The second-order valence-electron chi connectivity index (χ2n) is 5.10. The Kier molecular flexibility index (Phi) is 4.07. The molecule has 7 nitrogen and oxygen atoms in total. The summed E-state index contributed by atoms with van der Waals surface area (Å²) in [6, 6.07) is 1.54. The number of nitrogens with zero attached hydrogens (tertiary/aromatic N) is 2. The molecule has 6 N–H and O–H groups in total. The number of rotatable bonds is 4. The first-order valence-electron chi connectivity index (χ1n) is 6.56. The molecule has 1 saturated heterocycles. The van der Waals surface area contributed by atoms with E-state index in [1.165, 1.54) is 6.20 Å². The van der Waals surface area contributed by atoms with Gasteiger partial charge in [0, 0.05) is 19.5 Å². The Morgan fingerprint density at radius 2 is 1.95 bits per heavy atom. The summed E-state index contributed by atoms with van der Waals surface area (Å²) in [6.07, 6.45) is 3.60. The van der Waals surface area contributed by atoms with Crippen molar-refractivity contribution in [2.45, 2.75) is 19.3 Å². The van der Waals surface area contributed by atoms with Crippen LogP contribution in [-0.2, 0) is 4.79 Å². The lowest BCUT2D eigenvalue weighted by Gasteiger charge is -2.33. The summed E-state index contributed by atoms with van der Waals surface area (Å²) < 4.78 is 0. The molecular weight excluding hydrogens is 258 g/mol. The molecule has 1 fully saturated rings. The number of hydrogen-bond donors (Lipinski definition) is 3. The Morgan fingerprint density at radius 3 is 2.50 bits per heavy atom. The molecule has 1 aromatic heterocycles. The highest BCUT2D eigenvalue weighted by Crippen LogP contribution is 2.26. The summed E-state index contributed by atoms with van der Waals surface area (Å²) in [4.78, 5) is 28.6. The third-order valence-corrected chi connectivity index (χ3v) is 3.56. The number of nitrogen functional groups attached to an aromatic ring is 1. The van der Waals surface area contributed by atoms with Gasteiger partial charge in [-0.25, -0.2) is 4.98 Å². The predicted octanol–water partition coefficient (Wildman–Crippen LogP) is -0.146. The summed E-state index contributed by atoms with van der Waals surface area (Å²) in [6.45, 7) is 1.43. The normalized spacial score (nSPS) is 16.1. The lowest BCUT2D eigenvalue weighted by molar-refractivity contribution is -0.119. The number of carbonyl (C=O) groups is 2. The quantitative estimate of drug-likeness (QED) is 0.705. The highest BCUT2D eigenvalue weighted by atomic mass is 16.1. The number of aromatic nitrogens is 1. The zero-order valence-electron chi connectivity index (χ0n) is 11.2. The van der Waals surface area contributed by atoms with Crippen molar-refractivity contribution in [1.29, 1.82) is 0 Å². The van der Waals surface area contributed by atoms with E-state index < -0.39 is 5.91 Å². The van der Waals surface area contributed by atoms with E-state index in [2.05, 4.69) is 4.98 Å². The molecule has 108 valence electrons. The zero-order chi connectivity index (χ0) is 14.7. The molecular formula is C13H19N5O2. The van der Waals surface area contributed by atoms with E-state index in [0.29, 0.717) is 29.4 Å². The monoisotopic (exact) mass is 277 g/mol. The van der Waals surface area contributed by atoms with Gasteiger partial charge in [-0.15, -0.1) is 0 Å². The van der Waals surface area contributed by atoms with E-state index in [1.807, 2.05) is 4.90 Å². The SMILES string of the molecule is NC(=O)CC1CCN(c2ncc(N)cc2C(N)=O)CC1. The number of anilines is 2. The Labute approximate surface area is 117 Å². The second-order valence-corrected chi connectivity index (χ2v) is 5.10. The van der Waals surface area contributed by atoms with Crippen LogP contribution in [-0.4, -0.2) is 29.9 Å². The van der Waals surface area contributed by atoms with Crippen LogP contribution in [0.4, 0.5) is 11.5 Å². The molecule has 1 aliphatic heterocycles. The molecule has 1 aromatic rings. The Bertz CT molecular complexity index is 523. The van der Waals surface area contributed by atoms with Gasteiger partial charge in [0.15, 0.2) is 0 Å². The third-order valence-electron chi connectivity index (χ3n) is 3.56. The Morgan fingerprint density at radius 1 is 1.30 bits per heavy atom. The molecule has 0 saturated carbocycles. The molecule has 0 bridgehead atoms. The molecule has 20 heavy (non-hydrogen) atoms. The number of piperidine rings is 1. The molecule has 2 rings (SSSR count). The second kappa shape index (κ2) is 5.77. The maximum absolute atomic E-state index is 11.5.